The number of benzene rings is 2. The quantitative estimate of drug-likeness (QED) is 0.268. The number of nitrogens with zero attached hydrogens (tertiary/aromatic N) is 2. The van der Waals surface area contributed by atoms with Crippen molar-refractivity contribution in [3.63, 3.8) is 0 Å². The van der Waals surface area contributed by atoms with Gasteiger partial charge in [-0.15, -0.1) is 0 Å². The summed E-state index contributed by atoms with van der Waals surface area (Å²) in [6.45, 7) is 2.50. The molecule has 0 fully saturated rings. The van der Waals surface area contributed by atoms with Gasteiger partial charge in [-0.25, -0.2) is 9.97 Å². The van der Waals surface area contributed by atoms with E-state index in [1.54, 1.807) is 42.9 Å². The van der Waals surface area contributed by atoms with Crippen LogP contribution in [0.1, 0.15) is 53.7 Å². The van der Waals surface area contributed by atoms with Crippen molar-refractivity contribution in [3.8, 4) is 11.3 Å². The third kappa shape index (κ3) is 6.25. The van der Waals surface area contributed by atoms with Crippen molar-refractivity contribution in [2.24, 2.45) is 0 Å². The summed E-state index contributed by atoms with van der Waals surface area (Å²) in [5.74, 6) is -0.878. The lowest BCUT2D eigenvalue weighted by molar-refractivity contribution is -0.137. The first kappa shape index (κ1) is 24.4. The van der Waals surface area contributed by atoms with Crippen LogP contribution >= 0.6 is 11.6 Å². The number of carboxylic acid groups (broad SMARTS) is 1. The fourth-order valence-electron chi connectivity index (χ4n) is 3.84. The molecule has 1 unspecified atom stereocenters. The molecule has 0 aliphatic heterocycles. The summed E-state index contributed by atoms with van der Waals surface area (Å²) in [6, 6.07) is 14.6. The Kier molecular flexibility index (Phi) is 7.77. The monoisotopic (exact) mass is 491 g/mol. The number of carbonyl (C=O) groups excluding carboxylic acids is 1. The Balaban J connectivity index is 1.58. The fraction of sp³-hybridized carbons (Fsp3) is 0.259. The first-order chi connectivity index (χ1) is 16.9. The molecular formula is C27H26ClN3O4. The molecule has 0 spiro atoms. The van der Waals surface area contributed by atoms with E-state index in [0.717, 1.165) is 22.5 Å². The second-order valence-corrected chi connectivity index (χ2v) is 8.93. The number of hydrogen-bond donors (Lipinski definition) is 2. The molecule has 4 aromatic rings. The molecule has 0 saturated carbocycles. The maximum atomic E-state index is 12.8. The minimum absolute atomic E-state index is 0.110. The van der Waals surface area contributed by atoms with Crippen LogP contribution in [0.3, 0.4) is 0 Å². The molecule has 4 rings (SSSR count). The molecule has 8 heteroatoms. The Labute approximate surface area is 208 Å². The number of amides is 1. The molecule has 2 N–H and O–H groups in total. The molecule has 2 aromatic carbocycles. The number of unbranched alkanes of at least 4 members (excludes halogenated alkanes) is 1. The minimum Gasteiger partial charge on any atom is -0.481 e. The second-order valence-electron chi connectivity index (χ2n) is 8.50. The highest BCUT2D eigenvalue weighted by atomic mass is 35.5. The van der Waals surface area contributed by atoms with Crippen LogP contribution in [0.5, 0.6) is 0 Å². The van der Waals surface area contributed by atoms with Crippen LogP contribution in [0.15, 0.2) is 65.5 Å². The Morgan fingerprint density at radius 1 is 1.06 bits per heavy atom. The van der Waals surface area contributed by atoms with Gasteiger partial charge in [0.25, 0.3) is 5.91 Å². The summed E-state index contributed by atoms with van der Waals surface area (Å²) in [7, 11) is 0. The summed E-state index contributed by atoms with van der Waals surface area (Å²) >= 11 is 6.05. The van der Waals surface area contributed by atoms with Crippen molar-refractivity contribution in [3.05, 3.63) is 82.9 Å². The lowest BCUT2D eigenvalue weighted by atomic mass is 10.0. The van der Waals surface area contributed by atoms with E-state index in [-0.39, 0.29) is 18.2 Å². The minimum atomic E-state index is -0.815. The number of hydrogen-bond acceptors (Lipinski definition) is 5. The lowest BCUT2D eigenvalue weighted by Crippen LogP contribution is -2.27. The van der Waals surface area contributed by atoms with Crippen molar-refractivity contribution in [1.29, 1.82) is 0 Å². The van der Waals surface area contributed by atoms with Crippen molar-refractivity contribution in [1.82, 2.24) is 15.3 Å². The highest BCUT2D eigenvalue weighted by Gasteiger charge is 2.15. The molecule has 1 atom stereocenters. The molecule has 7 nitrogen and oxygen atoms in total. The van der Waals surface area contributed by atoms with Gasteiger partial charge in [-0.1, -0.05) is 30.7 Å². The average molecular weight is 492 g/mol. The largest absolute Gasteiger partial charge is 0.481 e. The van der Waals surface area contributed by atoms with Crippen LogP contribution in [-0.4, -0.2) is 33.5 Å². The van der Waals surface area contributed by atoms with E-state index in [2.05, 4.69) is 5.32 Å². The molecule has 0 aliphatic rings. The molecule has 1 amide bonds. The molecule has 2 heterocycles. The van der Waals surface area contributed by atoms with E-state index in [4.69, 9.17) is 31.1 Å². The van der Waals surface area contributed by atoms with E-state index in [1.807, 2.05) is 25.1 Å². The van der Waals surface area contributed by atoms with Gasteiger partial charge in [0.1, 0.15) is 0 Å². The summed E-state index contributed by atoms with van der Waals surface area (Å²) in [5, 5.41) is 12.5. The molecule has 35 heavy (non-hydrogen) atoms. The predicted molar refractivity (Wildman–Crippen MR) is 135 cm³/mol. The SMILES string of the molecule is CC(CNC(=O)c1ccc2nc(-c3ccc(Cl)cc3)c(CCCCC(=O)O)nc2c1)c1ccoc1. The first-order valence-corrected chi connectivity index (χ1v) is 11.9. The van der Waals surface area contributed by atoms with Crippen LogP contribution in [-0.2, 0) is 11.2 Å². The standard InChI is InChI=1S/C27H26ClN3O4/c1-17(20-12-13-35-16-20)15-29-27(34)19-8-11-22-24(14-19)30-23(4-2-3-5-25(32)33)26(31-22)18-6-9-21(28)10-7-18/h6-14,16-17H,2-5,15H2,1H3,(H,29,34)(H,32,33). The number of nitrogens with one attached hydrogen (secondary N) is 1. The molecule has 0 aliphatic carbocycles. The Bertz CT molecular complexity index is 1320. The maximum absolute atomic E-state index is 12.8. The molecule has 0 bridgehead atoms. The number of carbonyl (C=O) groups is 2. The molecule has 0 saturated heterocycles. The van der Waals surface area contributed by atoms with Gasteiger partial charge in [-0.3, -0.25) is 9.59 Å². The third-order valence-electron chi connectivity index (χ3n) is 5.85. The lowest BCUT2D eigenvalue weighted by Gasteiger charge is -2.13. The number of halogens is 1. The number of fused-ring (bicyclic) bond motifs is 1. The van der Waals surface area contributed by atoms with Gasteiger partial charge in [0, 0.05) is 35.0 Å². The van der Waals surface area contributed by atoms with Crippen LogP contribution in [0, 0.1) is 0 Å². The smallest absolute Gasteiger partial charge is 0.303 e. The third-order valence-corrected chi connectivity index (χ3v) is 6.10. The fourth-order valence-corrected chi connectivity index (χ4v) is 3.96. The second kappa shape index (κ2) is 11.1. The van der Waals surface area contributed by atoms with Crippen LogP contribution in [0.4, 0.5) is 0 Å². The molecular weight excluding hydrogens is 466 g/mol. The number of aryl methyl sites for hydroxylation is 1. The zero-order chi connectivity index (χ0) is 24.8. The van der Waals surface area contributed by atoms with Crippen LogP contribution in [0.2, 0.25) is 5.02 Å². The van der Waals surface area contributed by atoms with Gasteiger partial charge in [0.05, 0.1) is 34.9 Å². The number of aliphatic carboxylic acids is 1. The first-order valence-electron chi connectivity index (χ1n) is 11.5. The summed E-state index contributed by atoms with van der Waals surface area (Å²) < 4.78 is 5.12. The number of carboxylic acids is 1. The molecule has 2 aromatic heterocycles. The van der Waals surface area contributed by atoms with E-state index >= 15 is 0 Å². The highest BCUT2D eigenvalue weighted by Crippen LogP contribution is 2.27. The maximum Gasteiger partial charge on any atom is 0.303 e. The van der Waals surface area contributed by atoms with Gasteiger partial charge >= 0.3 is 5.97 Å². The van der Waals surface area contributed by atoms with E-state index in [9.17, 15) is 9.59 Å². The molecule has 0 radical (unpaired) electrons. The highest BCUT2D eigenvalue weighted by molar-refractivity contribution is 6.30. The van der Waals surface area contributed by atoms with Gasteiger partial charge in [0.15, 0.2) is 0 Å². The van der Waals surface area contributed by atoms with Gasteiger partial charge in [-0.05, 0) is 61.2 Å². The Morgan fingerprint density at radius 3 is 2.57 bits per heavy atom. The van der Waals surface area contributed by atoms with Gasteiger partial charge in [-0.2, -0.15) is 0 Å². The van der Waals surface area contributed by atoms with Crippen molar-refractivity contribution >= 4 is 34.5 Å². The predicted octanol–water partition coefficient (Wildman–Crippen LogP) is 5.87. The topological polar surface area (TPSA) is 105 Å². The zero-order valence-corrected chi connectivity index (χ0v) is 20.1. The van der Waals surface area contributed by atoms with Crippen molar-refractivity contribution in [2.75, 3.05) is 6.54 Å². The van der Waals surface area contributed by atoms with Crippen LogP contribution < -0.4 is 5.32 Å². The zero-order valence-electron chi connectivity index (χ0n) is 19.3. The van der Waals surface area contributed by atoms with E-state index in [0.29, 0.717) is 47.4 Å². The number of furan rings is 1. The number of aromatic nitrogens is 2. The van der Waals surface area contributed by atoms with E-state index in [1.165, 1.54) is 0 Å². The average Bonchev–Trinajstić information content (AvgIpc) is 3.40. The van der Waals surface area contributed by atoms with Gasteiger partial charge in [0.2, 0.25) is 0 Å². The van der Waals surface area contributed by atoms with Gasteiger partial charge < -0.3 is 14.8 Å². The molecule has 180 valence electrons. The number of rotatable bonds is 10. The van der Waals surface area contributed by atoms with Crippen molar-refractivity contribution in [2.45, 2.75) is 38.5 Å². The normalized spacial score (nSPS) is 11.9. The van der Waals surface area contributed by atoms with Crippen LogP contribution in [0.25, 0.3) is 22.3 Å². The van der Waals surface area contributed by atoms with E-state index < -0.39 is 5.97 Å². The Hall–Kier alpha value is -3.71. The Morgan fingerprint density at radius 2 is 1.86 bits per heavy atom. The van der Waals surface area contributed by atoms with Crippen molar-refractivity contribution < 1.29 is 19.1 Å². The summed E-state index contributed by atoms with van der Waals surface area (Å²) in [6.07, 6.45) is 5.20. The summed E-state index contributed by atoms with van der Waals surface area (Å²) in [5.41, 5.74) is 5.19. The summed E-state index contributed by atoms with van der Waals surface area (Å²) in [4.78, 5) is 33.3.